The van der Waals surface area contributed by atoms with E-state index in [1.807, 2.05) is 18.2 Å². The fourth-order valence-electron chi connectivity index (χ4n) is 3.52. The molecule has 9 nitrogen and oxygen atoms in total. The van der Waals surface area contributed by atoms with Gasteiger partial charge in [0.1, 0.15) is 22.5 Å². The maximum atomic E-state index is 14.4. The Balaban J connectivity index is 1.54. The molecule has 0 unspecified atom stereocenters. The molecule has 0 saturated heterocycles. The molecule has 4 N–H and O–H groups in total. The first kappa shape index (κ1) is 18.7. The molecule has 0 fully saturated rings. The zero-order valence-electron chi connectivity index (χ0n) is 16.2. The number of benzene rings is 2. The van der Waals surface area contributed by atoms with Gasteiger partial charge in [-0.05, 0) is 24.3 Å². The van der Waals surface area contributed by atoms with E-state index in [4.69, 9.17) is 5.73 Å². The Bertz CT molecular complexity index is 1460. The summed E-state index contributed by atoms with van der Waals surface area (Å²) in [6, 6.07) is 13.5. The van der Waals surface area contributed by atoms with Crippen molar-refractivity contribution in [1.29, 1.82) is 0 Å². The highest BCUT2D eigenvalue weighted by Crippen LogP contribution is 2.19. The average Bonchev–Trinajstić information content (AvgIpc) is 3.23. The Labute approximate surface area is 174 Å². The molecule has 2 aromatic carbocycles. The van der Waals surface area contributed by atoms with Gasteiger partial charge < -0.3 is 16.0 Å². The summed E-state index contributed by atoms with van der Waals surface area (Å²) in [7, 11) is 0. The smallest absolute Gasteiger partial charge is 0.268 e. The molecule has 3 heterocycles. The Morgan fingerprint density at radius 2 is 1.90 bits per heavy atom. The monoisotopic (exact) mass is 416 g/mol. The molecule has 0 bridgehead atoms. The van der Waals surface area contributed by atoms with Crippen LogP contribution < -0.4 is 16.6 Å². The second kappa shape index (κ2) is 7.48. The van der Waals surface area contributed by atoms with E-state index >= 15 is 0 Å². The minimum Gasteiger partial charge on any atom is -0.368 e. The van der Waals surface area contributed by atoms with Gasteiger partial charge in [-0.2, -0.15) is 9.97 Å². The number of hydrogen-bond donors (Lipinski definition) is 3. The lowest BCUT2D eigenvalue weighted by Gasteiger charge is -2.14. The topological polar surface area (TPSA) is 127 Å². The fraction of sp³-hybridized carbons (Fsp3) is 0.0952. The number of nitrogens with one attached hydrogen (secondary N) is 2. The second-order valence-corrected chi connectivity index (χ2v) is 6.85. The third kappa shape index (κ3) is 3.33. The van der Waals surface area contributed by atoms with Gasteiger partial charge in [-0.15, -0.1) is 0 Å². The number of para-hydroxylation sites is 1. The standard InChI is InChI=1S/C21H17FN8O/c22-13-7-4-8-14-16(13)20(31)30(12-5-2-1-3-6-12)15(27-14)9-10-24-18-17-19(26-11-25-17)29-21(23)28-18/h1-8,11H,9-10H2,(H4,23,24,25,26,28,29). The van der Waals surface area contributed by atoms with Crippen molar-refractivity contribution < 1.29 is 4.39 Å². The van der Waals surface area contributed by atoms with Crippen molar-refractivity contribution in [3.63, 3.8) is 0 Å². The molecule has 0 atom stereocenters. The van der Waals surface area contributed by atoms with Crippen LogP contribution in [-0.4, -0.2) is 36.0 Å². The van der Waals surface area contributed by atoms with Crippen LogP contribution in [0, 0.1) is 5.82 Å². The summed E-state index contributed by atoms with van der Waals surface area (Å²) in [5.74, 6) is 0.496. The molecule has 0 aliphatic rings. The highest BCUT2D eigenvalue weighted by molar-refractivity contribution is 5.83. The van der Waals surface area contributed by atoms with Crippen LogP contribution in [0.25, 0.3) is 27.8 Å². The van der Waals surface area contributed by atoms with Crippen LogP contribution in [0.2, 0.25) is 0 Å². The molecule has 0 amide bonds. The van der Waals surface area contributed by atoms with Gasteiger partial charge in [0.05, 0.1) is 17.5 Å². The molecule has 31 heavy (non-hydrogen) atoms. The predicted octanol–water partition coefficient (Wildman–Crippen LogP) is 2.43. The van der Waals surface area contributed by atoms with Gasteiger partial charge in [-0.3, -0.25) is 9.36 Å². The first-order valence-corrected chi connectivity index (χ1v) is 9.58. The van der Waals surface area contributed by atoms with Crippen LogP contribution in [0.4, 0.5) is 16.2 Å². The van der Waals surface area contributed by atoms with Crippen LogP contribution in [-0.2, 0) is 6.42 Å². The third-order valence-corrected chi connectivity index (χ3v) is 4.87. The Hall–Kier alpha value is -4.34. The number of halogens is 1. The summed E-state index contributed by atoms with van der Waals surface area (Å²) in [6.45, 7) is 0.394. The molecule has 3 aromatic heterocycles. The number of imidazole rings is 1. The summed E-state index contributed by atoms with van der Waals surface area (Å²) in [6.07, 6.45) is 1.88. The molecule has 0 spiro atoms. The Morgan fingerprint density at radius 1 is 1.06 bits per heavy atom. The van der Waals surface area contributed by atoms with Gasteiger partial charge >= 0.3 is 0 Å². The van der Waals surface area contributed by atoms with E-state index < -0.39 is 11.4 Å². The van der Waals surface area contributed by atoms with Crippen LogP contribution in [0.5, 0.6) is 0 Å². The molecule has 5 aromatic rings. The molecule has 10 heteroatoms. The fourth-order valence-corrected chi connectivity index (χ4v) is 3.52. The first-order valence-electron chi connectivity index (χ1n) is 9.58. The van der Waals surface area contributed by atoms with Crippen LogP contribution in [0.15, 0.2) is 59.7 Å². The highest BCUT2D eigenvalue weighted by atomic mass is 19.1. The lowest BCUT2D eigenvalue weighted by molar-refractivity contribution is 0.636. The highest BCUT2D eigenvalue weighted by Gasteiger charge is 2.16. The van der Waals surface area contributed by atoms with Crippen LogP contribution in [0.3, 0.4) is 0 Å². The van der Waals surface area contributed by atoms with Gasteiger partial charge in [0.2, 0.25) is 5.95 Å². The number of aromatic amines is 1. The number of fused-ring (bicyclic) bond motifs is 2. The van der Waals surface area contributed by atoms with Crippen molar-refractivity contribution >= 4 is 33.8 Å². The maximum absolute atomic E-state index is 14.4. The third-order valence-electron chi connectivity index (χ3n) is 4.87. The normalized spacial score (nSPS) is 11.3. The van der Waals surface area contributed by atoms with E-state index in [2.05, 4.69) is 30.2 Å². The Kier molecular flexibility index (Phi) is 4.51. The van der Waals surface area contributed by atoms with Gasteiger partial charge in [0.15, 0.2) is 11.5 Å². The van der Waals surface area contributed by atoms with Crippen molar-refractivity contribution in [2.75, 3.05) is 17.6 Å². The van der Waals surface area contributed by atoms with Gasteiger partial charge in [0, 0.05) is 13.0 Å². The number of aromatic nitrogens is 6. The first-order chi connectivity index (χ1) is 15.1. The summed E-state index contributed by atoms with van der Waals surface area (Å²) in [5.41, 5.74) is 7.31. The SMILES string of the molecule is Nc1nc(NCCc2nc3cccc(F)c3c(=O)n2-c2ccccc2)c2[nH]cnc2n1. The molecule has 5 rings (SSSR count). The summed E-state index contributed by atoms with van der Waals surface area (Å²) in [4.78, 5) is 33.1. The van der Waals surface area contributed by atoms with E-state index in [9.17, 15) is 9.18 Å². The number of nitrogen functional groups attached to an aromatic ring is 1. The van der Waals surface area contributed by atoms with E-state index in [0.29, 0.717) is 47.0 Å². The van der Waals surface area contributed by atoms with Crippen molar-refractivity contribution in [2.45, 2.75) is 6.42 Å². The molecule has 0 aliphatic carbocycles. The van der Waals surface area contributed by atoms with Crippen molar-refractivity contribution in [1.82, 2.24) is 29.5 Å². The summed E-state index contributed by atoms with van der Waals surface area (Å²) < 4.78 is 15.8. The van der Waals surface area contributed by atoms with E-state index in [1.165, 1.54) is 23.0 Å². The zero-order chi connectivity index (χ0) is 21.4. The second-order valence-electron chi connectivity index (χ2n) is 6.85. The minimum atomic E-state index is -0.595. The van der Waals surface area contributed by atoms with Crippen LogP contribution >= 0.6 is 0 Å². The zero-order valence-corrected chi connectivity index (χ0v) is 16.2. The lowest BCUT2D eigenvalue weighted by Crippen LogP contribution is -2.26. The number of anilines is 2. The van der Waals surface area contributed by atoms with Crippen molar-refractivity contribution in [2.24, 2.45) is 0 Å². The number of rotatable bonds is 5. The maximum Gasteiger partial charge on any atom is 0.268 e. The summed E-state index contributed by atoms with van der Waals surface area (Å²) >= 11 is 0. The van der Waals surface area contributed by atoms with Gasteiger partial charge in [-0.25, -0.2) is 14.4 Å². The van der Waals surface area contributed by atoms with E-state index in [1.54, 1.807) is 18.2 Å². The molecule has 0 radical (unpaired) electrons. The molecule has 0 saturated carbocycles. The lowest BCUT2D eigenvalue weighted by atomic mass is 10.2. The molecule has 154 valence electrons. The quantitative estimate of drug-likeness (QED) is 0.401. The molecular weight excluding hydrogens is 399 g/mol. The Morgan fingerprint density at radius 3 is 2.74 bits per heavy atom. The number of nitrogens with zero attached hydrogens (tertiary/aromatic N) is 5. The molecule has 0 aliphatic heterocycles. The number of nitrogens with two attached hydrogens (primary N) is 1. The molecular formula is C21H17FN8O. The van der Waals surface area contributed by atoms with E-state index in [-0.39, 0.29) is 11.3 Å². The number of hydrogen-bond acceptors (Lipinski definition) is 7. The minimum absolute atomic E-state index is 0.0363. The van der Waals surface area contributed by atoms with Crippen molar-refractivity contribution in [3.05, 3.63) is 76.9 Å². The number of H-pyrrole nitrogens is 1. The average molecular weight is 416 g/mol. The summed E-state index contributed by atoms with van der Waals surface area (Å²) in [5, 5.41) is 3.15. The van der Waals surface area contributed by atoms with E-state index in [0.717, 1.165) is 0 Å². The largest absolute Gasteiger partial charge is 0.368 e. The van der Waals surface area contributed by atoms with Gasteiger partial charge in [0.25, 0.3) is 5.56 Å². The van der Waals surface area contributed by atoms with Crippen LogP contribution in [0.1, 0.15) is 5.82 Å². The van der Waals surface area contributed by atoms with Gasteiger partial charge in [-0.1, -0.05) is 24.3 Å². The predicted molar refractivity (Wildman–Crippen MR) is 116 cm³/mol. The van der Waals surface area contributed by atoms with Crippen molar-refractivity contribution in [3.8, 4) is 5.69 Å².